The molecule has 0 spiro atoms. The van der Waals surface area contributed by atoms with E-state index >= 15 is 0 Å². The predicted molar refractivity (Wildman–Crippen MR) is 263 cm³/mol. The van der Waals surface area contributed by atoms with Crippen LogP contribution in [0.3, 0.4) is 0 Å². The number of rotatable bonds is 10. The second-order valence-corrected chi connectivity index (χ2v) is 21.2. The summed E-state index contributed by atoms with van der Waals surface area (Å²) in [6.07, 6.45) is 6.63. The molecule has 68 heavy (non-hydrogen) atoms. The number of nitrogens with zero attached hydrogens (tertiary/aromatic N) is 7. The zero-order valence-corrected chi connectivity index (χ0v) is 42.0. The van der Waals surface area contributed by atoms with Crippen molar-refractivity contribution in [2.45, 2.75) is 136 Å². The number of likely N-dealkylation sites (tertiary alicyclic amines) is 1. The molecule has 18 heteroatoms. The Morgan fingerprint density at radius 2 is 1.87 bits per heavy atom. The highest BCUT2D eigenvalue weighted by atomic mass is 32.1. The number of piperidine rings is 1. The van der Waals surface area contributed by atoms with E-state index in [4.69, 9.17) is 19.5 Å². The van der Waals surface area contributed by atoms with E-state index in [0.29, 0.717) is 50.4 Å². The minimum atomic E-state index is -1.08. The lowest BCUT2D eigenvalue weighted by Gasteiger charge is -2.41. The molecule has 3 aromatic rings. The second-order valence-electron chi connectivity index (χ2n) is 20.3. The molecule has 2 aromatic heterocycles. The van der Waals surface area contributed by atoms with Crippen LogP contribution >= 0.6 is 11.3 Å². The van der Waals surface area contributed by atoms with Crippen LogP contribution in [0.1, 0.15) is 96.3 Å². The van der Waals surface area contributed by atoms with Crippen LogP contribution in [0.5, 0.6) is 0 Å². The van der Waals surface area contributed by atoms with E-state index in [9.17, 15) is 24.0 Å². The molecule has 0 aliphatic carbocycles. The van der Waals surface area contributed by atoms with E-state index in [2.05, 4.69) is 59.6 Å². The number of thiazole rings is 1. The number of benzene rings is 1. The van der Waals surface area contributed by atoms with Gasteiger partial charge < -0.3 is 39.4 Å². The molecule has 5 amide bonds. The first-order valence-corrected chi connectivity index (χ1v) is 25.3. The molecule has 5 aliphatic rings. The molecule has 3 N–H and O–H groups in total. The summed E-state index contributed by atoms with van der Waals surface area (Å²) in [5.41, 5.74) is 9.79. The largest absolute Gasteiger partial charge is 0.464 e. The van der Waals surface area contributed by atoms with Crippen molar-refractivity contribution < 1.29 is 33.4 Å². The van der Waals surface area contributed by atoms with Crippen molar-refractivity contribution in [2.24, 2.45) is 16.3 Å². The second kappa shape index (κ2) is 20.4. The molecule has 5 aliphatic heterocycles. The summed E-state index contributed by atoms with van der Waals surface area (Å²) in [5.74, 6) is -1.62. The summed E-state index contributed by atoms with van der Waals surface area (Å²) >= 11 is 1.42. The van der Waals surface area contributed by atoms with Crippen LogP contribution in [0.15, 0.2) is 34.3 Å². The SMILES string of the molecule is CCn1c(C2=C([C@H](C)OC)N=CCC2)c2c3cc(ccc31)-c1csc(n1)C[C@H](NC(=O)[C@H](C(C)C)N(C)C(=O)N1CCC[C@H](N(C)C(=O)[C@H]3CN3)C1)C(=O)N1CCC[C@H](N1)C(=O)OCC(C)(C)C2. The lowest BCUT2D eigenvalue weighted by molar-refractivity contribution is -0.155. The van der Waals surface area contributed by atoms with Crippen LogP contribution in [0.4, 0.5) is 4.79 Å². The highest BCUT2D eigenvalue weighted by Crippen LogP contribution is 2.42. The number of ether oxygens (including phenoxy) is 2. The van der Waals surface area contributed by atoms with Gasteiger partial charge in [-0.05, 0) is 82.4 Å². The van der Waals surface area contributed by atoms with Crippen molar-refractivity contribution in [2.75, 3.05) is 54.0 Å². The fourth-order valence-corrected chi connectivity index (χ4v) is 11.3. The Balaban J connectivity index is 1.13. The summed E-state index contributed by atoms with van der Waals surface area (Å²) < 4.78 is 14.4. The third kappa shape index (κ3) is 10.2. The van der Waals surface area contributed by atoms with Gasteiger partial charge in [-0.1, -0.05) is 33.8 Å². The number of allylic oxidation sites excluding steroid dienone is 1. The molecule has 3 saturated heterocycles. The van der Waals surface area contributed by atoms with Crippen LogP contribution < -0.4 is 16.1 Å². The summed E-state index contributed by atoms with van der Waals surface area (Å²) in [6, 6.07) is 3.06. The fraction of sp³-hybridized carbons (Fsp3) is 0.620. The summed E-state index contributed by atoms with van der Waals surface area (Å²) in [7, 11) is 5.13. The maximum Gasteiger partial charge on any atom is 0.324 e. The van der Waals surface area contributed by atoms with Crippen LogP contribution in [0, 0.1) is 11.3 Å². The number of cyclic esters (lactones) is 1. The van der Waals surface area contributed by atoms with E-state index in [-0.39, 0.29) is 49.1 Å². The molecule has 0 radical (unpaired) electrons. The molecule has 368 valence electrons. The summed E-state index contributed by atoms with van der Waals surface area (Å²) in [4.78, 5) is 85.3. The van der Waals surface area contributed by atoms with E-state index in [1.54, 1.807) is 31.0 Å². The summed E-state index contributed by atoms with van der Waals surface area (Å²) in [6.45, 7) is 14.9. The van der Waals surface area contributed by atoms with Crippen molar-refractivity contribution in [3.63, 3.8) is 0 Å². The first-order valence-electron chi connectivity index (χ1n) is 24.4. The van der Waals surface area contributed by atoms with Crippen molar-refractivity contribution in [1.82, 2.24) is 45.3 Å². The molecule has 8 rings (SSSR count). The number of esters is 1. The Kier molecular flexibility index (Phi) is 14.8. The number of hydrogen-bond donors (Lipinski definition) is 3. The van der Waals surface area contributed by atoms with Gasteiger partial charge in [-0.3, -0.25) is 29.2 Å². The number of fused-ring (bicyclic) bond motifs is 6. The van der Waals surface area contributed by atoms with Crippen LogP contribution in [0.25, 0.3) is 27.7 Å². The van der Waals surface area contributed by atoms with Crippen LogP contribution in [-0.2, 0) is 48.0 Å². The number of aliphatic imine (C=N–C) groups is 1. The number of aryl methyl sites for hydroxylation is 1. The van der Waals surface area contributed by atoms with E-state index in [0.717, 1.165) is 76.9 Å². The average Bonchev–Trinajstić information content (AvgIpc) is 4.02. The number of hydrazine groups is 1. The van der Waals surface area contributed by atoms with Crippen LogP contribution in [0.2, 0.25) is 0 Å². The molecule has 0 saturated carbocycles. The minimum absolute atomic E-state index is 0.0239. The first-order chi connectivity index (χ1) is 32.5. The Labute approximate surface area is 404 Å². The van der Waals surface area contributed by atoms with Gasteiger partial charge in [-0.2, -0.15) is 0 Å². The Hall–Kier alpha value is -5.17. The summed E-state index contributed by atoms with van der Waals surface area (Å²) in [5, 5.41) is 11.3. The average molecular weight is 955 g/mol. The Morgan fingerprint density at radius 3 is 2.59 bits per heavy atom. The molecule has 7 heterocycles. The molecule has 3 fully saturated rings. The van der Waals surface area contributed by atoms with Gasteiger partial charge in [0, 0.05) is 105 Å². The number of hydrogen-bond acceptors (Lipinski definition) is 12. The zero-order chi connectivity index (χ0) is 48.6. The molecule has 0 unspecified atom stereocenters. The number of carbonyl (C=O) groups is 5. The fourth-order valence-electron chi connectivity index (χ4n) is 10.5. The highest BCUT2D eigenvalue weighted by Gasteiger charge is 2.41. The highest BCUT2D eigenvalue weighted by molar-refractivity contribution is 7.10. The topological polar surface area (TPSA) is 193 Å². The van der Waals surface area contributed by atoms with Crippen molar-refractivity contribution in [3.8, 4) is 11.3 Å². The number of carbonyl (C=O) groups excluding carboxylic acids is 5. The number of urea groups is 1. The standard InChI is InChI=1S/C50H70N10O7S/c1-10-59-40-18-17-31-22-34(40)35(44(59)33-15-11-19-51-42(33)30(4)66-9)24-50(5,6)28-67-48(64)36-16-13-21-60(55-36)47(63)37(23-41-53-39(31)27-68-41)54-45(61)43(29(2)3)57(8)49(65)58-20-12-14-32(26-58)56(7)46(62)38-25-52-38/h17-19,22,27,29-30,32,36-38,43,52,55H,10-16,20-21,23-26,28H2,1-9H3,(H,54,61)/t30-,32-,36-,37-,38+,43-/m0/s1. The van der Waals surface area contributed by atoms with Gasteiger partial charge in [0.1, 0.15) is 18.1 Å². The van der Waals surface area contributed by atoms with Gasteiger partial charge in [-0.15, -0.1) is 11.3 Å². The zero-order valence-electron chi connectivity index (χ0n) is 41.2. The van der Waals surface area contributed by atoms with Gasteiger partial charge in [-0.25, -0.2) is 15.2 Å². The van der Waals surface area contributed by atoms with Gasteiger partial charge >= 0.3 is 12.0 Å². The van der Waals surface area contributed by atoms with E-state index in [1.165, 1.54) is 21.2 Å². The molecule has 6 atom stereocenters. The van der Waals surface area contributed by atoms with Gasteiger partial charge in [0.15, 0.2) is 0 Å². The number of amides is 5. The molecule has 17 nitrogen and oxygen atoms in total. The molecule has 6 bridgehead atoms. The molecule has 1 aromatic carbocycles. The smallest absolute Gasteiger partial charge is 0.324 e. The van der Waals surface area contributed by atoms with Crippen molar-refractivity contribution >= 4 is 63.7 Å². The van der Waals surface area contributed by atoms with E-state index in [1.807, 2.05) is 32.4 Å². The number of likely N-dealkylation sites (N-methyl/N-ethyl adjacent to an activating group) is 2. The van der Waals surface area contributed by atoms with Crippen molar-refractivity contribution in [1.29, 1.82) is 0 Å². The Bertz CT molecular complexity index is 2470. The molecular weight excluding hydrogens is 885 g/mol. The monoisotopic (exact) mass is 955 g/mol. The van der Waals surface area contributed by atoms with E-state index < -0.39 is 41.3 Å². The normalized spacial score (nSPS) is 24.1. The predicted octanol–water partition coefficient (Wildman–Crippen LogP) is 5.01. The minimum Gasteiger partial charge on any atom is -0.464 e. The van der Waals surface area contributed by atoms with Crippen LogP contribution in [-0.4, -0.2) is 156 Å². The number of aromatic nitrogens is 2. The maximum absolute atomic E-state index is 14.7. The third-order valence-electron chi connectivity index (χ3n) is 14.3. The Morgan fingerprint density at radius 1 is 1.10 bits per heavy atom. The first kappa shape index (κ1) is 49.3. The number of methoxy groups -OCH3 is 1. The maximum atomic E-state index is 14.7. The number of nitrogens with one attached hydrogen (secondary N) is 3. The van der Waals surface area contributed by atoms with Gasteiger partial charge in [0.2, 0.25) is 11.8 Å². The lowest BCUT2D eigenvalue weighted by Crippen LogP contribution is -2.63. The van der Waals surface area contributed by atoms with Crippen molar-refractivity contribution in [3.05, 3.63) is 45.5 Å². The van der Waals surface area contributed by atoms with Gasteiger partial charge in [0.25, 0.3) is 5.91 Å². The quantitative estimate of drug-likeness (QED) is 0.184. The molecular formula is C50H70N10O7S. The van der Waals surface area contributed by atoms with Gasteiger partial charge in [0.05, 0.1) is 40.8 Å². The third-order valence-corrected chi connectivity index (χ3v) is 15.2. The lowest BCUT2D eigenvalue weighted by atomic mass is 9.83.